The van der Waals surface area contributed by atoms with E-state index in [1.165, 1.54) is 48.5 Å². The molecule has 8 nitrogen and oxygen atoms in total. The average Bonchev–Trinajstić information content (AvgIpc) is 2.84. The van der Waals surface area contributed by atoms with Crippen molar-refractivity contribution in [2.45, 2.75) is 0 Å². The zero-order valence-electron chi connectivity index (χ0n) is 18.3. The number of nitrogens with zero attached hydrogens (tertiary/aromatic N) is 1. The number of hydrogen-bond acceptors (Lipinski definition) is 5. The molecule has 1 aliphatic rings. The molecule has 1 fully saturated rings. The third kappa shape index (κ3) is 5.78. The van der Waals surface area contributed by atoms with Gasteiger partial charge in [0.1, 0.15) is 17.1 Å². The van der Waals surface area contributed by atoms with Gasteiger partial charge in [-0.3, -0.25) is 19.7 Å². The lowest BCUT2D eigenvalue weighted by Crippen LogP contribution is -2.54. The molecule has 0 radical (unpaired) electrons. The summed E-state index contributed by atoms with van der Waals surface area (Å²) in [5, 5.41) is 4.84. The molecule has 0 atom stereocenters. The van der Waals surface area contributed by atoms with Crippen LogP contribution in [0.15, 0.2) is 76.8 Å². The number of benzene rings is 3. The van der Waals surface area contributed by atoms with Crippen LogP contribution in [0.5, 0.6) is 5.75 Å². The highest BCUT2D eigenvalue weighted by atomic mass is 79.9. The minimum atomic E-state index is -0.856. The summed E-state index contributed by atoms with van der Waals surface area (Å²) in [5.41, 5.74) is 0.830. The first kappa shape index (κ1) is 25.1. The molecule has 0 saturated carbocycles. The Labute approximate surface area is 217 Å². The third-order valence-electron chi connectivity index (χ3n) is 4.94. The number of carbonyl (C=O) groups excluding carboxylic acids is 4. The van der Waals surface area contributed by atoms with Crippen molar-refractivity contribution in [1.82, 2.24) is 5.32 Å². The number of barbiturate groups is 1. The summed E-state index contributed by atoms with van der Waals surface area (Å²) in [6, 6.07) is 15.3. The molecular formula is C25H16BrClFN3O5. The van der Waals surface area contributed by atoms with Crippen LogP contribution in [0.1, 0.15) is 5.56 Å². The van der Waals surface area contributed by atoms with Gasteiger partial charge in [0.25, 0.3) is 17.7 Å². The van der Waals surface area contributed by atoms with Crippen LogP contribution < -0.4 is 20.3 Å². The van der Waals surface area contributed by atoms with Crippen molar-refractivity contribution < 1.29 is 28.3 Å². The van der Waals surface area contributed by atoms with Crippen LogP contribution in [-0.2, 0) is 14.4 Å². The van der Waals surface area contributed by atoms with Crippen LogP contribution in [0.25, 0.3) is 6.08 Å². The topological polar surface area (TPSA) is 105 Å². The van der Waals surface area contributed by atoms with Gasteiger partial charge in [0, 0.05) is 10.2 Å². The highest BCUT2D eigenvalue weighted by molar-refractivity contribution is 9.10. The van der Waals surface area contributed by atoms with E-state index in [1.807, 2.05) is 0 Å². The first-order chi connectivity index (χ1) is 17.2. The largest absolute Gasteiger partial charge is 0.482 e. The van der Waals surface area contributed by atoms with Crippen LogP contribution in [0, 0.1) is 5.82 Å². The van der Waals surface area contributed by atoms with Crippen molar-refractivity contribution in [3.8, 4) is 5.75 Å². The SMILES string of the molecule is O=C(COc1ccc(/C=C2\C(=O)NC(=O)N(c3ccc(Br)cc3)C2=O)cc1Cl)Nc1ccc(F)cc1. The predicted octanol–water partition coefficient (Wildman–Crippen LogP) is 4.93. The molecule has 1 heterocycles. The van der Waals surface area contributed by atoms with Gasteiger partial charge in [0.15, 0.2) is 6.61 Å². The normalized spacial score (nSPS) is 14.6. The number of amides is 5. The molecule has 11 heteroatoms. The average molecular weight is 573 g/mol. The Hall–Kier alpha value is -4.02. The van der Waals surface area contributed by atoms with Gasteiger partial charge in [-0.25, -0.2) is 14.1 Å². The molecule has 0 unspecified atom stereocenters. The van der Waals surface area contributed by atoms with E-state index in [9.17, 15) is 23.6 Å². The number of nitrogens with one attached hydrogen (secondary N) is 2. The number of rotatable bonds is 6. The fourth-order valence-corrected chi connectivity index (χ4v) is 3.75. The predicted molar refractivity (Wildman–Crippen MR) is 135 cm³/mol. The number of ether oxygens (including phenoxy) is 1. The zero-order chi connectivity index (χ0) is 25.8. The number of carbonyl (C=O) groups is 4. The number of hydrogen-bond donors (Lipinski definition) is 2. The van der Waals surface area contributed by atoms with Gasteiger partial charge in [0.2, 0.25) is 0 Å². The Morgan fingerprint density at radius 2 is 1.75 bits per heavy atom. The number of halogens is 3. The van der Waals surface area contributed by atoms with Gasteiger partial charge in [-0.2, -0.15) is 0 Å². The van der Waals surface area contributed by atoms with Crippen LogP contribution in [0.2, 0.25) is 5.02 Å². The summed E-state index contributed by atoms with van der Waals surface area (Å²) < 4.78 is 19.2. The van der Waals surface area contributed by atoms with E-state index >= 15 is 0 Å². The molecule has 0 spiro atoms. The van der Waals surface area contributed by atoms with Crippen molar-refractivity contribution >= 4 is 68.7 Å². The van der Waals surface area contributed by atoms with Gasteiger partial charge in [-0.15, -0.1) is 0 Å². The van der Waals surface area contributed by atoms with E-state index in [2.05, 4.69) is 26.6 Å². The standard InChI is InChI=1S/C25H16BrClFN3O5/c26-15-2-8-18(9-3-15)31-24(34)19(23(33)30-25(31)35)11-14-1-10-21(20(27)12-14)36-13-22(32)29-17-6-4-16(28)5-7-17/h1-12H,13H2,(H,29,32)(H,30,33,35)/b19-11+. The fraction of sp³-hybridized carbons (Fsp3) is 0.0400. The third-order valence-corrected chi connectivity index (χ3v) is 5.76. The second kappa shape index (κ2) is 10.7. The minimum Gasteiger partial charge on any atom is -0.482 e. The molecule has 5 amide bonds. The van der Waals surface area contributed by atoms with Gasteiger partial charge in [-0.1, -0.05) is 33.6 Å². The lowest BCUT2D eigenvalue weighted by atomic mass is 10.1. The van der Waals surface area contributed by atoms with Gasteiger partial charge < -0.3 is 10.1 Å². The smallest absolute Gasteiger partial charge is 0.335 e. The maximum absolute atomic E-state index is 13.0. The summed E-state index contributed by atoms with van der Waals surface area (Å²) in [6.07, 6.45) is 1.30. The van der Waals surface area contributed by atoms with Crippen molar-refractivity contribution in [2.75, 3.05) is 16.8 Å². The maximum Gasteiger partial charge on any atom is 0.335 e. The number of imide groups is 2. The Balaban J connectivity index is 1.47. The Morgan fingerprint density at radius 3 is 2.42 bits per heavy atom. The van der Waals surface area contributed by atoms with E-state index in [0.717, 1.165) is 9.37 Å². The van der Waals surface area contributed by atoms with E-state index in [-0.39, 0.29) is 23.0 Å². The summed E-state index contributed by atoms with van der Waals surface area (Å²) >= 11 is 9.55. The second-order valence-electron chi connectivity index (χ2n) is 7.47. The van der Waals surface area contributed by atoms with Crippen molar-refractivity contribution in [2.24, 2.45) is 0 Å². The van der Waals surface area contributed by atoms with Gasteiger partial charge >= 0.3 is 6.03 Å². The van der Waals surface area contributed by atoms with Crippen molar-refractivity contribution in [3.05, 3.63) is 93.2 Å². The molecule has 36 heavy (non-hydrogen) atoms. The number of anilines is 2. The van der Waals surface area contributed by atoms with Crippen molar-refractivity contribution in [1.29, 1.82) is 0 Å². The lowest BCUT2D eigenvalue weighted by Gasteiger charge is -2.26. The minimum absolute atomic E-state index is 0.128. The number of urea groups is 1. The van der Waals surface area contributed by atoms with E-state index < -0.39 is 29.6 Å². The highest BCUT2D eigenvalue weighted by Crippen LogP contribution is 2.28. The first-order valence-corrected chi connectivity index (χ1v) is 11.5. The molecule has 0 aliphatic carbocycles. The zero-order valence-corrected chi connectivity index (χ0v) is 20.6. The van der Waals surface area contributed by atoms with E-state index in [0.29, 0.717) is 16.9 Å². The van der Waals surface area contributed by atoms with Crippen LogP contribution in [0.4, 0.5) is 20.6 Å². The molecule has 0 bridgehead atoms. The van der Waals surface area contributed by atoms with Crippen LogP contribution in [0.3, 0.4) is 0 Å². The quantitative estimate of drug-likeness (QED) is 0.322. The molecular weight excluding hydrogens is 557 g/mol. The fourth-order valence-electron chi connectivity index (χ4n) is 3.25. The molecule has 0 aromatic heterocycles. The molecule has 3 aromatic rings. The van der Waals surface area contributed by atoms with Crippen LogP contribution in [-0.4, -0.2) is 30.4 Å². The monoisotopic (exact) mass is 571 g/mol. The summed E-state index contributed by atoms with van der Waals surface area (Å²) in [6.45, 7) is -0.358. The maximum atomic E-state index is 13.0. The summed E-state index contributed by atoms with van der Waals surface area (Å²) in [4.78, 5) is 50.6. The van der Waals surface area contributed by atoms with Gasteiger partial charge in [0.05, 0.1) is 10.7 Å². The Kier molecular flexibility index (Phi) is 7.47. The Bertz CT molecular complexity index is 1390. The van der Waals surface area contributed by atoms with Crippen LogP contribution >= 0.6 is 27.5 Å². The molecule has 1 aliphatic heterocycles. The molecule has 2 N–H and O–H groups in total. The van der Waals surface area contributed by atoms with Gasteiger partial charge in [-0.05, 0) is 72.3 Å². The molecule has 1 saturated heterocycles. The Morgan fingerprint density at radius 1 is 1.06 bits per heavy atom. The lowest BCUT2D eigenvalue weighted by molar-refractivity contribution is -0.122. The van der Waals surface area contributed by atoms with E-state index in [4.69, 9.17) is 16.3 Å². The second-order valence-corrected chi connectivity index (χ2v) is 8.79. The van der Waals surface area contributed by atoms with Crippen molar-refractivity contribution in [3.63, 3.8) is 0 Å². The summed E-state index contributed by atoms with van der Waals surface area (Å²) in [5.74, 6) is -2.34. The summed E-state index contributed by atoms with van der Waals surface area (Å²) in [7, 11) is 0. The highest BCUT2D eigenvalue weighted by Gasteiger charge is 2.36. The molecule has 3 aromatic carbocycles. The molecule has 4 rings (SSSR count). The first-order valence-electron chi connectivity index (χ1n) is 10.4. The van der Waals surface area contributed by atoms with E-state index in [1.54, 1.807) is 24.3 Å². The molecule has 182 valence electrons.